The number of aliphatic hydroxyl groups excluding tert-OH is 1. The van der Waals surface area contributed by atoms with Gasteiger partial charge in [0.1, 0.15) is 10.8 Å². The summed E-state index contributed by atoms with van der Waals surface area (Å²) < 4.78 is 5.32. The van der Waals surface area contributed by atoms with Crippen molar-refractivity contribution in [1.29, 1.82) is 0 Å². The van der Waals surface area contributed by atoms with Crippen molar-refractivity contribution in [3.63, 3.8) is 0 Å². The fraction of sp³-hybridized carbons (Fsp3) is 0.450. The van der Waals surface area contributed by atoms with E-state index in [-0.39, 0.29) is 6.61 Å². The van der Waals surface area contributed by atoms with E-state index in [1.54, 1.807) is 11.3 Å². The SMILES string of the molecule is Cc1noc(C)c1-c1nc([C@H]2CCCN(Cc3nccs3)C2)ccc1CO. The maximum absolute atomic E-state index is 9.78. The smallest absolute Gasteiger partial charge is 0.143 e. The number of hydrogen-bond acceptors (Lipinski definition) is 7. The Bertz CT molecular complexity index is 887. The number of nitrogens with zero attached hydrogens (tertiary/aromatic N) is 4. The van der Waals surface area contributed by atoms with Crippen molar-refractivity contribution >= 4 is 11.3 Å². The maximum Gasteiger partial charge on any atom is 0.143 e. The van der Waals surface area contributed by atoms with Crippen molar-refractivity contribution in [2.45, 2.75) is 45.8 Å². The predicted octanol–water partition coefficient (Wildman–Crippen LogP) is 3.68. The number of pyridine rings is 1. The van der Waals surface area contributed by atoms with Crippen molar-refractivity contribution in [3.05, 3.63) is 51.4 Å². The van der Waals surface area contributed by atoms with Crippen molar-refractivity contribution < 1.29 is 9.63 Å². The Labute approximate surface area is 162 Å². The molecule has 7 heteroatoms. The van der Waals surface area contributed by atoms with Gasteiger partial charge in [-0.1, -0.05) is 11.2 Å². The maximum atomic E-state index is 9.78. The highest BCUT2D eigenvalue weighted by Crippen LogP contribution is 2.32. The largest absolute Gasteiger partial charge is 0.392 e. The van der Waals surface area contributed by atoms with Crippen LogP contribution in [0.1, 0.15) is 46.5 Å². The fourth-order valence-electron chi connectivity index (χ4n) is 3.86. The molecule has 1 aliphatic rings. The Morgan fingerprint density at radius 1 is 1.33 bits per heavy atom. The molecule has 0 bridgehead atoms. The fourth-order valence-corrected chi connectivity index (χ4v) is 4.52. The van der Waals surface area contributed by atoms with Crippen LogP contribution >= 0.6 is 11.3 Å². The van der Waals surface area contributed by atoms with E-state index in [1.165, 1.54) is 0 Å². The molecule has 1 atom stereocenters. The van der Waals surface area contributed by atoms with Crippen LogP contribution in [0.5, 0.6) is 0 Å². The van der Waals surface area contributed by atoms with E-state index in [2.05, 4.69) is 21.1 Å². The van der Waals surface area contributed by atoms with E-state index in [0.29, 0.717) is 5.92 Å². The third-order valence-corrected chi connectivity index (χ3v) is 5.97. The van der Waals surface area contributed by atoms with E-state index in [1.807, 2.05) is 31.5 Å². The molecular formula is C20H24N4O2S. The Hall–Kier alpha value is -2.09. The van der Waals surface area contributed by atoms with Crippen molar-refractivity contribution in [3.8, 4) is 11.3 Å². The molecule has 0 radical (unpaired) electrons. The average molecular weight is 385 g/mol. The lowest BCUT2D eigenvalue weighted by molar-refractivity contribution is 0.198. The lowest BCUT2D eigenvalue weighted by atomic mass is 9.93. The van der Waals surface area contributed by atoms with Crippen LogP contribution in [-0.2, 0) is 13.2 Å². The number of piperidine rings is 1. The summed E-state index contributed by atoms with van der Waals surface area (Å²) in [6.07, 6.45) is 4.15. The normalized spacial score (nSPS) is 18.1. The zero-order valence-electron chi connectivity index (χ0n) is 15.7. The molecule has 0 unspecified atom stereocenters. The molecule has 4 rings (SSSR count). The second kappa shape index (κ2) is 7.88. The average Bonchev–Trinajstić information content (AvgIpc) is 3.31. The first-order valence-electron chi connectivity index (χ1n) is 9.30. The van der Waals surface area contributed by atoms with E-state index >= 15 is 0 Å². The monoisotopic (exact) mass is 384 g/mol. The van der Waals surface area contributed by atoms with Crippen LogP contribution in [0.4, 0.5) is 0 Å². The molecule has 1 fully saturated rings. The van der Waals surface area contributed by atoms with Crippen molar-refractivity contribution in [2.24, 2.45) is 0 Å². The van der Waals surface area contributed by atoms with E-state index in [9.17, 15) is 5.11 Å². The van der Waals surface area contributed by atoms with E-state index in [0.717, 1.165) is 71.5 Å². The number of likely N-dealkylation sites (tertiary alicyclic amines) is 1. The van der Waals surface area contributed by atoms with Gasteiger partial charge in [-0.2, -0.15) is 0 Å². The molecule has 0 aliphatic carbocycles. The number of rotatable bonds is 5. The standard InChI is InChI=1S/C20H24N4O2S/c1-13-19(14(2)26-23-13)20-16(12-25)5-6-17(22-20)15-4-3-8-24(10-15)11-18-21-7-9-27-18/h5-7,9,15,25H,3-4,8,10-12H2,1-2H3/t15-/m0/s1. The molecule has 27 heavy (non-hydrogen) atoms. The topological polar surface area (TPSA) is 75.3 Å². The van der Waals surface area contributed by atoms with Gasteiger partial charge in [-0.25, -0.2) is 4.98 Å². The third-order valence-electron chi connectivity index (χ3n) is 5.21. The molecule has 0 aromatic carbocycles. The molecule has 1 N–H and O–H groups in total. The first-order chi connectivity index (χ1) is 13.2. The second-order valence-electron chi connectivity index (χ2n) is 7.10. The van der Waals surface area contributed by atoms with Crippen LogP contribution in [0.15, 0.2) is 28.2 Å². The van der Waals surface area contributed by atoms with Crippen LogP contribution < -0.4 is 0 Å². The molecule has 6 nitrogen and oxygen atoms in total. The zero-order valence-corrected chi connectivity index (χ0v) is 16.5. The summed E-state index contributed by atoms with van der Waals surface area (Å²) in [4.78, 5) is 11.8. The first-order valence-corrected chi connectivity index (χ1v) is 10.2. The highest BCUT2D eigenvalue weighted by Gasteiger charge is 2.25. The minimum absolute atomic E-state index is 0.0481. The Kier molecular flexibility index (Phi) is 5.33. The number of aliphatic hydroxyl groups is 1. The Balaban J connectivity index is 1.61. The number of hydrogen-bond donors (Lipinski definition) is 1. The molecule has 142 valence electrons. The molecular weight excluding hydrogens is 360 g/mol. The summed E-state index contributed by atoms with van der Waals surface area (Å²) in [6.45, 7) is 6.74. The summed E-state index contributed by atoms with van der Waals surface area (Å²) in [5.41, 5.74) is 4.38. The minimum Gasteiger partial charge on any atom is -0.392 e. The van der Waals surface area contributed by atoms with Gasteiger partial charge in [-0.3, -0.25) is 9.88 Å². The summed E-state index contributed by atoms with van der Waals surface area (Å²) >= 11 is 1.71. The van der Waals surface area contributed by atoms with Crippen LogP contribution in [0.3, 0.4) is 0 Å². The lowest BCUT2D eigenvalue weighted by Crippen LogP contribution is -2.34. The third kappa shape index (κ3) is 3.81. The first kappa shape index (κ1) is 18.3. The molecule has 0 amide bonds. The quantitative estimate of drug-likeness (QED) is 0.723. The molecule has 1 aliphatic heterocycles. The molecule has 0 saturated carbocycles. The lowest BCUT2D eigenvalue weighted by Gasteiger charge is -2.32. The number of aromatic nitrogens is 3. The molecule has 3 aromatic heterocycles. The molecule has 0 spiro atoms. The van der Waals surface area contributed by atoms with E-state index in [4.69, 9.17) is 9.51 Å². The minimum atomic E-state index is -0.0481. The van der Waals surface area contributed by atoms with Gasteiger partial charge in [0, 0.05) is 35.3 Å². The van der Waals surface area contributed by atoms with Gasteiger partial charge in [-0.05, 0) is 39.3 Å². The van der Waals surface area contributed by atoms with Gasteiger partial charge in [0.15, 0.2) is 0 Å². The zero-order chi connectivity index (χ0) is 18.8. The van der Waals surface area contributed by atoms with Gasteiger partial charge in [0.2, 0.25) is 0 Å². The van der Waals surface area contributed by atoms with Crippen LogP contribution in [0, 0.1) is 13.8 Å². The number of thiazole rings is 1. The van der Waals surface area contributed by atoms with Gasteiger partial charge in [0.25, 0.3) is 0 Å². The van der Waals surface area contributed by atoms with Gasteiger partial charge in [0.05, 0.1) is 30.1 Å². The van der Waals surface area contributed by atoms with Crippen molar-refractivity contribution in [2.75, 3.05) is 13.1 Å². The summed E-state index contributed by atoms with van der Waals surface area (Å²) in [7, 11) is 0. The molecule has 4 heterocycles. The summed E-state index contributed by atoms with van der Waals surface area (Å²) in [5.74, 6) is 1.12. The highest BCUT2D eigenvalue weighted by atomic mass is 32.1. The van der Waals surface area contributed by atoms with Crippen LogP contribution in [0.25, 0.3) is 11.3 Å². The van der Waals surface area contributed by atoms with Crippen LogP contribution in [0.2, 0.25) is 0 Å². The summed E-state index contributed by atoms with van der Waals surface area (Å²) in [5, 5.41) is 17.0. The highest BCUT2D eigenvalue weighted by molar-refractivity contribution is 7.09. The van der Waals surface area contributed by atoms with Gasteiger partial charge in [-0.15, -0.1) is 11.3 Å². The second-order valence-corrected chi connectivity index (χ2v) is 8.08. The van der Waals surface area contributed by atoms with E-state index < -0.39 is 0 Å². The Morgan fingerprint density at radius 2 is 2.22 bits per heavy atom. The molecule has 1 saturated heterocycles. The van der Waals surface area contributed by atoms with Crippen molar-refractivity contribution in [1.82, 2.24) is 20.0 Å². The number of aryl methyl sites for hydroxylation is 2. The molecule has 3 aromatic rings. The predicted molar refractivity (Wildman–Crippen MR) is 104 cm³/mol. The van der Waals surface area contributed by atoms with Crippen LogP contribution in [-0.4, -0.2) is 38.2 Å². The van der Waals surface area contributed by atoms with Gasteiger partial charge >= 0.3 is 0 Å². The Morgan fingerprint density at radius 3 is 2.93 bits per heavy atom. The summed E-state index contributed by atoms with van der Waals surface area (Å²) in [6, 6.07) is 4.05. The van der Waals surface area contributed by atoms with Gasteiger partial charge < -0.3 is 9.63 Å².